The second-order valence-corrected chi connectivity index (χ2v) is 7.85. The molecule has 0 saturated carbocycles. The van der Waals surface area contributed by atoms with Crippen LogP contribution in [0.1, 0.15) is 0 Å². The molecule has 0 radical (unpaired) electrons. The molecule has 0 saturated heterocycles. The van der Waals surface area contributed by atoms with Gasteiger partial charge in [-0.15, -0.1) is 0 Å². The minimum atomic E-state index is -4.11. The summed E-state index contributed by atoms with van der Waals surface area (Å²) in [4.78, 5) is 19.3. The number of hydrogen-bond donors (Lipinski definition) is 4. The molecule has 0 fully saturated rings. The summed E-state index contributed by atoms with van der Waals surface area (Å²) in [6, 6.07) is 10.2. The Balaban J connectivity index is 1.82. The van der Waals surface area contributed by atoms with Gasteiger partial charge in [0.2, 0.25) is 16.0 Å². The number of aromatic nitrogens is 2. The third-order valence-corrected chi connectivity index (χ3v) is 5.70. The summed E-state index contributed by atoms with van der Waals surface area (Å²) in [7, 11) is -4.11. The van der Waals surface area contributed by atoms with Gasteiger partial charge in [-0.1, -0.05) is 48.0 Å². The van der Waals surface area contributed by atoms with Gasteiger partial charge >= 0.3 is 5.97 Å². The van der Waals surface area contributed by atoms with Crippen molar-refractivity contribution >= 4 is 50.0 Å². The third-order valence-electron chi connectivity index (χ3n) is 3.87. The zero-order chi connectivity index (χ0) is 20.3. The highest BCUT2D eigenvalue weighted by Crippen LogP contribution is 2.23. The van der Waals surface area contributed by atoms with Gasteiger partial charge in [-0.3, -0.25) is 4.79 Å². The van der Waals surface area contributed by atoms with E-state index >= 15 is 0 Å². The van der Waals surface area contributed by atoms with Gasteiger partial charge in [0.05, 0.1) is 16.8 Å². The molecular weight excluding hydrogens is 406 g/mol. The van der Waals surface area contributed by atoms with Crippen molar-refractivity contribution in [1.82, 2.24) is 14.7 Å². The Morgan fingerprint density at radius 2 is 1.93 bits per heavy atom. The number of nitrogens with two attached hydrogens (primary N) is 1. The fraction of sp³-hybridized carbons (Fsp3) is 0.118. The average molecular weight is 422 g/mol. The van der Waals surface area contributed by atoms with Crippen molar-refractivity contribution in [3.05, 3.63) is 53.8 Å². The predicted molar refractivity (Wildman–Crippen MR) is 106 cm³/mol. The summed E-state index contributed by atoms with van der Waals surface area (Å²) < 4.78 is 27.8. The van der Waals surface area contributed by atoms with Gasteiger partial charge in [0.15, 0.2) is 5.15 Å². The van der Waals surface area contributed by atoms with Crippen molar-refractivity contribution in [2.75, 3.05) is 17.6 Å². The Hall–Kier alpha value is -2.95. The molecule has 2 aromatic carbocycles. The van der Waals surface area contributed by atoms with E-state index in [0.717, 1.165) is 5.39 Å². The number of nitrogens with one attached hydrogen (secondary N) is 2. The molecule has 3 aromatic rings. The Morgan fingerprint density at radius 1 is 1.21 bits per heavy atom. The standard InChI is InChI=1S/C17H16ClN5O4S/c18-15-12(19)8-20-17(22-15)21-9-13(16(24)25)23-28(26,27)14-7-3-5-10-4-1-2-6-11(10)14/h1-8,13,23H,9,19H2,(H,24,25)(H,20,21,22)/t13-/m0/s1. The maximum atomic E-state index is 12.8. The molecule has 11 heteroatoms. The van der Waals surface area contributed by atoms with Crippen molar-refractivity contribution in [3.63, 3.8) is 0 Å². The number of hydrogen-bond acceptors (Lipinski definition) is 7. The largest absolute Gasteiger partial charge is 0.480 e. The summed E-state index contributed by atoms with van der Waals surface area (Å²) in [5, 5.41) is 13.3. The number of benzene rings is 2. The highest BCUT2D eigenvalue weighted by molar-refractivity contribution is 7.89. The number of fused-ring (bicyclic) bond motifs is 1. The molecule has 1 aromatic heterocycles. The quantitative estimate of drug-likeness (QED) is 0.421. The van der Waals surface area contributed by atoms with E-state index in [0.29, 0.717) is 5.39 Å². The lowest BCUT2D eigenvalue weighted by Gasteiger charge is -2.16. The van der Waals surface area contributed by atoms with Crippen LogP contribution in [0, 0.1) is 0 Å². The van der Waals surface area contributed by atoms with Gasteiger partial charge in [0.25, 0.3) is 0 Å². The summed E-state index contributed by atoms with van der Waals surface area (Å²) in [5.41, 5.74) is 5.68. The Morgan fingerprint density at radius 3 is 2.64 bits per heavy atom. The van der Waals surface area contributed by atoms with Crippen LogP contribution in [0.25, 0.3) is 10.8 Å². The molecule has 5 N–H and O–H groups in total. The first-order valence-electron chi connectivity index (χ1n) is 8.03. The number of sulfonamides is 1. The first-order chi connectivity index (χ1) is 13.3. The van der Waals surface area contributed by atoms with Crippen LogP contribution in [-0.4, -0.2) is 42.0 Å². The molecule has 146 valence electrons. The lowest BCUT2D eigenvalue weighted by Crippen LogP contribution is -2.45. The van der Waals surface area contributed by atoms with Crippen LogP contribution < -0.4 is 15.8 Å². The summed E-state index contributed by atoms with van der Waals surface area (Å²) >= 11 is 5.79. The number of aliphatic carboxylic acids is 1. The smallest absolute Gasteiger partial charge is 0.323 e. The zero-order valence-corrected chi connectivity index (χ0v) is 15.9. The normalized spacial score (nSPS) is 12.6. The Bertz CT molecular complexity index is 1130. The molecule has 1 atom stereocenters. The Kier molecular flexibility index (Phi) is 5.63. The number of carboxylic acid groups (broad SMARTS) is 1. The molecule has 0 aliphatic heterocycles. The number of carboxylic acids is 1. The first kappa shape index (κ1) is 19.8. The van der Waals surface area contributed by atoms with Crippen LogP contribution in [0.5, 0.6) is 0 Å². The number of rotatable bonds is 7. The van der Waals surface area contributed by atoms with Crippen LogP contribution in [0.3, 0.4) is 0 Å². The maximum Gasteiger partial charge on any atom is 0.323 e. The fourth-order valence-corrected chi connectivity index (χ4v) is 4.06. The van der Waals surface area contributed by atoms with Gasteiger partial charge in [0.1, 0.15) is 6.04 Å². The number of halogens is 1. The molecule has 28 heavy (non-hydrogen) atoms. The van der Waals surface area contributed by atoms with E-state index in [1.54, 1.807) is 36.4 Å². The number of carbonyl (C=O) groups is 1. The topological polar surface area (TPSA) is 147 Å². The van der Waals surface area contributed by atoms with Crippen LogP contribution in [-0.2, 0) is 14.8 Å². The van der Waals surface area contributed by atoms with Gasteiger partial charge in [-0.25, -0.2) is 13.4 Å². The summed E-state index contributed by atoms with van der Waals surface area (Å²) in [6.45, 7) is -0.306. The fourth-order valence-electron chi connectivity index (χ4n) is 2.51. The van der Waals surface area contributed by atoms with E-state index in [9.17, 15) is 18.3 Å². The molecule has 0 aliphatic carbocycles. The number of nitrogen functional groups attached to an aromatic ring is 1. The molecular formula is C17H16ClN5O4S. The molecule has 9 nitrogen and oxygen atoms in total. The van der Waals surface area contributed by atoms with Crippen molar-refractivity contribution in [1.29, 1.82) is 0 Å². The minimum Gasteiger partial charge on any atom is -0.480 e. The van der Waals surface area contributed by atoms with E-state index < -0.39 is 22.0 Å². The maximum absolute atomic E-state index is 12.8. The van der Waals surface area contributed by atoms with Crippen molar-refractivity contribution in [2.24, 2.45) is 0 Å². The molecule has 3 rings (SSSR count). The van der Waals surface area contributed by atoms with E-state index in [-0.39, 0.29) is 28.2 Å². The minimum absolute atomic E-state index is 0.000658. The van der Waals surface area contributed by atoms with E-state index in [2.05, 4.69) is 20.0 Å². The number of anilines is 2. The second-order valence-electron chi connectivity index (χ2n) is 5.81. The van der Waals surface area contributed by atoms with Crippen molar-refractivity contribution < 1.29 is 18.3 Å². The molecule has 0 bridgehead atoms. The van der Waals surface area contributed by atoms with Gasteiger partial charge in [0, 0.05) is 11.9 Å². The van der Waals surface area contributed by atoms with Crippen LogP contribution in [0.4, 0.5) is 11.6 Å². The lowest BCUT2D eigenvalue weighted by molar-refractivity contribution is -0.138. The average Bonchev–Trinajstić information content (AvgIpc) is 2.67. The van der Waals surface area contributed by atoms with Crippen LogP contribution in [0.15, 0.2) is 53.6 Å². The highest BCUT2D eigenvalue weighted by atomic mass is 35.5. The first-order valence-corrected chi connectivity index (χ1v) is 9.89. The SMILES string of the molecule is Nc1cnc(NC[C@H](NS(=O)(=O)c2cccc3ccccc23)C(=O)O)nc1Cl. The molecule has 0 aliphatic rings. The van der Waals surface area contributed by atoms with E-state index in [4.69, 9.17) is 17.3 Å². The third kappa shape index (κ3) is 4.30. The van der Waals surface area contributed by atoms with E-state index in [1.807, 2.05) is 0 Å². The van der Waals surface area contributed by atoms with Gasteiger partial charge in [-0.2, -0.15) is 9.71 Å². The van der Waals surface area contributed by atoms with Crippen LogP contribution >= 0.6 is 11.6 Å². The zero-order valence-electron chi connectivity index (χ0n) is 14.3. The molecule has 0 unspecified atom stereocenters. The van der Waals surface area contributed by atoms with E-state index in [1.165, 1.54) is 12.3 Å². The lowest BCUT2D eigenvalue weighted by atomic mass is 10.1. The molecule has 0 spiro atoms. The van der Waals surface area contributed by atoms with Crippen molar-refractivity contribution in [3.8, 4) is 0 Å². The monoisotopic (exact) mass is 421 g/mol. The summed E-state index contributed by atoms with van der Waals surface area (Å²) in [5.74, 6) is -1.34. The second kappa shape index (κ2) is 7.97. The Labute approximate surface area is 165 Å². The highest BCUT2D eigenvalue weighted by Gasteiger charge is 2.26. The van der Waals surface area contributed by atoms with Gasteiger partial charge in [-0.05, 0) is 11.5 Å². The van der Waals surface area contributed by atoms with Crippen LogP contribution in [0.2, 0.25) is 5.15 Å². The number of nitrogens with zero attached hydrogens (tertiary/aromatic N) is 2. The summed E-state index contributed by atoms with van der Waals surface area (Å²) in [6.07, 6.45) is 1.26. The molecule has 1 heterocycles. The molecule has 0 amide bonds. The predicted octanol–water partition coefficient (Wildman–Crippen LogP) is 1.71. The van der Waals surface area contributed by atoms with Crippen molar-refractivity contribution in [2.45, 2.75) is 10.9 Å². The van der Waals surface area contributed by atoms with Gasteiger partial charge < -0.3 is 16.2 Å².